The fourth-order valence-corrected chi connectivity index (χ4v) is 2.78. The summed E-state index contributed by atoms with van der Waals surface area (Å²) in [5, 5.41) is 6.54. The number of nitrogens with one attached hydrogen (secondary N) is 2. The maximum Gasteiger partial charge on any atom is 0.242 e. The van der Waals surface area contributed by atoms with Crippen molar-refractivity contribution >= 4 is 23.2 Å². The Kier molecular flexibility index (Phi) is 4.11. The quantitative estimate of drug-likeness (QED) is 0.820. The summed E-state index contributed by atoms with van der Waals surface area (Å²) < 4.78 is 0. The molecule has 2 rings (SSSR count). The first-order valence-corrected chi connectivity index (χ1v) is 6.95. The number of anilines is 1. The topological polar surface area (TPSA) is 54.0 Å². The number of carbonyl (C=O) groups is 1. The van der Waals surface area contributed by atoms with Crippen molar-refractivity contribution in [3.63, 3.8) is 0 Å². The van der Waals surface area contributed by atoms with E-state index in [0.29, 0.717) is 10.8 Å². The minimum atomic E-state index is -0.197. The van der Waals surface area contributed by atoms with Gasteiger partial charge >= 0.3 is 0 Å². The van der Waals surface area contributed by atoms with Crippen molar-refractivity contribution in [3.8, 4) is 0 Å². The van der Waals surface area contributed by atoms with Crippen LogP contribution in [0.4, 0.5) is 5.69 Å². The molecule has 104 valence electrons. The molecule has 2 N–H and O–H groups in total. The summed E-state index contributed by atoms with van der Waals surface area (Å²) in [6, 6.07) is 1.64. The molecule has 1 aromatic heterocycles. The van der Waals surface area contributed by atoms with Crippen LogP contribution in [0, 0.1) is 12.3 Å². The van der Waals surface area contributed by atoms with Gasteiger partial charge in [-0.1, -0.05) is 25.4 Å². The van der Waals surface area contributed by atoms with Crippen LogP contribution in [-0.2, 0) is 4.79 Å². The lowest BCUT2D eigenvalue weighted by Crippen LogP contribution is -2.53. The lowest BCUT2D eigenvalue weighted by molar-refractivity contribution is -0.121. The molecule has 0 bridgehead atoms. The fraction of sp³-hybridized carbons (Fsp3) is 0.571. The number of hydrogen-bond acceptors (Lipinski definition) is 3. The largest absolute Gasteiger partial charge is 0.322 e. The number of amides is 1. The van der Waals surface area contributed by atoms with Crippen LogP contribution in [0.1, 0.15) is 32.3 Å². The van der Waals surface area contributed by atoms with Crippen LogP contribution in [0.3, 0.4) is 0 Å². The summed E-state index contributed by atoms with van der Waals surface area (Å²) in [6.07, 6.45) is 3.78. The second kappa shape index (κ2) is 5.47. The molecule has 1 aliphatic heterocycles. The van der Waals surface area contributed by atoms with Gasteiger partial charge in [0.1, 0.15) is 0 Å². The van der Waals surface area contributed by atoms with Gasteiger partial charge in [-0.2, -0.15) is 0 Å². The summed E-state index contributed by atoms with van der Waals surface area (Å²) >= 11 is 6.04. The van der Waals surface area contributed by atoms with Crippen molar-refractivity contribution in [1.29, 1.82) is 0 Å². The highest BCUT2D eigenvalue weighted by Gasteiger charge is 2.37. The third-order valence-corrected chi connectivity index (χ3v) is 4.04. The number of carbonyl (C=O) groups excluding carboxylic acids is 1. The first kappa shape index (κ1) is 14.3. The Morgan fingerprint density at radius 2 is 2.32 bits per heavy atom. The van der Waals surface area contributed by atoms with Crippen LogP contribution in [0.2, 0.25) is 5.15 Å². The first-order chi connectivity index (χ1) is 8.92. The van der Waals surface area contributed by atoms with E-state index in [-0.39, 0.29) is 17.4 Å². The second-order valence-electron chi connectivity index (χ2n) is 5.76. The van der Waals surface area contributed by atoms with Crippen LogP contribution < -0.4 is 10.6 Å². The molecule has 0 saturated carbocycles. The Morgan fingerprint density at radius 3 is 2.95 bits per heavy atom. The zero-order valence-corrected chi connectivity index (χ0v) is 12.3. The smallest absolute Gasteiger partial charge is 0.242 e. The van der Waals surface area contributed by atoms with Crippen LogP contribution in [0.25, 0.3) is 0 Å². The van der Waals surface area contributed by atoms with E-state index in [1.165, 1.54) is 0 Å². The third-order valence-electron chi connectivity index (χ3n) is 3.75. The first-order valence-electron chi connectivity index (χ1n) is 6.57. The van der Waals surface area contributed by atoms with Gasteiger partial charge in [-0.25, -0.2) is 4.98 Å². The van der Waals surface area contributed by atoms with Gasteiger partial charge in [0.25, 0.3) is 0 Å². The van der Waals surface area contributed by atoms with Gasteiger partial charge in [0.15, 0.2) is 5.15 Å². The number of hydrogen-bond donors (Lipinski definition) is 2. The molecule has 1 saturated heterocycles. The van der Waals surface area contributed by atoms with Crippen LogP contribution in [-0.4, -0.2) is 23.5 Å². The molecule has 19 heavy (non-hydrogen) atoms. The fourth-order valence-electron chi connectivity index (χ4n) is 2.53. The molecule has 1 atom stereocenters. The Hall–Kier alpha value is -1.13. The third kappa shape index (κ3) is 3.07. The number of nitrogens with zero attached hydrogens (tertiary/aromatic N) is 1. The van der Waals surface area contributed by atoms with E-state index < -0.39 is 0 Å². The number of aromatic nitrogens is 1. The monoisotopic (exact) mass is 281 g/mol. The zero-order chi connectivity index (χ0) is 14.0. The highest BCUT2D eigenvalue weighted by Crippen LogP contribution is 2.31. The molecule has 1 amide bonds. The number of halogens is 1. The summed E-state index contributed by atoms with van der Waals surface area (Å²) in [4.78, 5) is 16.4. The van der Waals surface area contributed by atoms with E-state index in [9.17, 15) is 4.79 Å². The Morgan fingerprint density at radius 1 is 1.58 bits per heavy atom. The van der Waals surface area contributed by atoms with Gasteiger partial charge < -0.3 is 10.6 Å². The molecule has 0 aromatic carbocycles. The lowest BCUT2D eigenvalue weighted by atomic mass is 9.77. The standard InChI is InChI=1S/C14H20ClN3O/c1-9-5-8-17-12(15)10(9)18-13(19)11-14(2,3)6-4-7-16-11/h5,8,11,16H,4,6-7H2,1-3H3,(H,18,19). The van der Waals surface area contributed by atoms with Crippen LogP contribution in [0.5, 0.6) is 0 Å². The minimum Gasteiger partial charge on any atom is -0.322 e. The van der Waals surface area contributed by atoms with Crippen LogP contribution >= 0.6 is 11.6 Å². The molecular formula is C14H20ClN3O. The molecule has 2 heterocycles. The SMILES string of the molecule is Cc1ccnc(Cl)c1NC(=O)C1NCCCC1(C)C. The molecule has 4 nitrogen and oxygen atoms in total. The maximum atomic E-state index is 12.4. The molecule has 0 radical (unpaired) electrons. The summed E-state index contributed by atoms with van der Waals surface area (Å²) in [5.41, 5.74) is 1.48. The number of rotatable bonds is 2. The van der Waals surface area contributed by atoms with Gasteiger partial charge in [0.2, 0.25) is 5.91 Å². The lowest BCUT2D eigenvalue weighted by Gasteiger charge is -2.38. The average Bonchev–Trinajstić information content (AvgIpc) is 2.33. The van der Waals surface area contributed by atoms with Gasteiger partial charge in [-0.05, 0) is 43.4 Å². The predicted octanol–water partition coefficient (Wildman–Crippen LogP) is 2.76. The van der Waals surface area contributed by atoms with E-state index in [0.717, 1.165) is 24.9 Å². The van der Waals surface area contributed by atoms with Crippen molar-refractivity contribution < 1.29 is 4.79 Å². The Labute approximate surface area is 118 Å². The molecular weight excluding hydrogens is 262 g/mol. The predicted molar refractivity (Wildman–Crippen MR) is 77.4 cm³/mol. The van der Waals surface area contributed by atoms with Gasteiger partial charge in [-0.15, -0.1) is 0 Å². The second-order valence-corrected chi connectivity index (χ2v) is 6.12. The highest BCUT2D eigenvalue weighted by atomic mass is 35.5. The zero-order valence-electron chi connectivity index (χ0n) is 11.6. The number of aryl methyl sites for hydroxylation is 1. The molecule has 5 heteroatoms. The van der Waals surface area contributed by atoms with Gasteiger partial charge in [-0.3, -0.25) is 4.79 Å². The molecule has 0 aliphatic carbocycles. The minimum absolute atomic E-state index is 0.0392. The number of piperidine rings is 1. The van der Waals surface area contributed by atoms with Crippen molar-refractivity contribution in [2.45, 2.75) is 39.7 Å². The Bertz CT molecular complexity index is 467. The van der Waals surface area contributed by atoms with E-state index in [4.69, 9.17) is 11.6 Å². The van der Waals surface area contributed by atoms with Gasteiger partial charge in [0.05, 0.1) is 11.7 Å². The Balaban J connectivity index is 2.17. The van der Waals surface area contributed by atoms with Crippen LogP contribution in [0.15, 0.2) is 12.3 Å². The maximum absolute atomic E-state index is 12.4. The van der Waals surface area contributed by atoms with Crippen molar-refractivity contribution in [2.24, 2.45) is 5.41 Å². The summed E-state index contributed by atoms with van der Waals surface area (Å²) in [5.74, 6) is -0.0392. The molecule has 1 aromatic rings. The molecule has 0 spiro atoms. The van der Waals surface area contributed by atoms with Crippen molar-refractivity contribution in [1.82, 2.24) is 10.3 Å². The van der Waals surface area contributed by atoms with Crippen molar-refractivity contribution in [2.75, 3.05) is 11.9 Å². The van der Waals surface area contributed by atoms with E-state index >= 15 is 0 Å². The van der Waals surface area contributed by atoms with E-state index in [1.54, 1.807) is 6.20 Å². The van der Waals surface area contributed by atoms with Crippen molar-refractivity contribution in [3.05, 3.63) is 23.0 Å². The average molecular weight is 282 g/mol. The molecule has 1 unspecified atom stereocenters. The van der Waals surface area contributed by atoms with Gasteiger partial charge in [0, 0.05) is 6.20 Å². The highest BCUT2D eigenvalue weighted by molar-refractivity contribution is 6.32. The normalized spacial score (nSPS) is 22.0. The number of pyridine rings is 1. The summed E-state index contributed by atoms with van der Waals surface area (Å²) in [6.45, 7) is 7.01. The molecule has 1 fully saturated rings. The summed E-state index contributed by atoms with van der Waals surface area (Å²) in [7, 11) is 0. The van der Waals surface area contributed by atoms with E-state index in [2.05, 4.69) is 29.5 Å². The molecule has 1 aliphatic rings. The van der Waals surface area contributed by atoms with E-state index in [1.807, 2.05) is 13.0 Å².